The number of aromatic nitrogens is 3. The Morgan fingerprint density at radius 2 is 2.00 bits per heavy atom. The Morgan fingerprint density at radius 3 is 2.69 bits per heavy atom. The molecule has 1 amide bonds. The number of carbonyl (C=O) groups is 1. The highest BCUT2D eigenvalue weighted by atomic mass is 16.3. The van der Waals surface area contributed by atoms with Crippen LogP contribution in [-0.4, -0.2) is 32.2 Å². The minimum Gasteiger partial charge on any atom is -0.394 e. The molecule has 4 N–H and O–H groups in total. The molecule has 3 rings (SSSR count). The zero-order chi connectivity index (χ0) is 18.7. The Kier molecular flexibility index (Phi) is 5.04. The molecule has 0 aliphatic rings. The summed E-state index contributed by atoms with van der Waals surface area (Å²) in [4.78, 5) is 39.1. The second-order valence-electron chi connectivity index (χ2n) is 6.09. The van der Waals surface area contributed by atoms with Gasteiger partial charge in [0.05, 0.1) is 12.6 Å². The van der Waals surface area contributed by atoms with Gasteiger partial charge in [-0.25, -0.2) is 4.52 Å². The van der Waals surface area contributed by atoms with E-state index in [1.54, 1.807) is 6.92 Å². The van der Waals surface area contributed by atoms with Crippen molar-refractivity contribution in [1.82, 2.24) is 19.9 Å². The largest absolute Gasteiger partial charge is 0.394 e. The minimum atomic E-state index is -0.494. The smallest absolute Gasteiger partial charge is 0.276 e. The maximum absolute atomic E-state index is 12.5. The van der Waals surface area contributed by atoms with E-state index in [1.807, 2.05) is 30.3 Å². The number of hydrogen-bond donors (Lipinski definition) is 4. The fraction of sp³-hybridized carbons (Fsp3) is 0.278. The monoisotopic (exact) mass is 356 g/mol. The van der Waals surface area contributed by atoms with Crippen molar-refractivity contribution in [3.63, 3.8) is 0 Å². The fourth-order valence-corrected chi connectivity index (χ4v) is 2.93. The molecule has 136 valence electrons. The first-order valence-corrected chi connectivity index (χ1v) is 8.28. The van der Waals surface area contributed by atoms with Crippen LogP contribution in [0, 0.1) is 6.92 Å². The summed E-state index contributed by atoms with van der Waals surface area (Å²) in [7, 11) is 0. The number of hydrogen-bond acceptors (Lipinski definition) is 4. The summed E-state index contributed by atoms with van der Waals surface area (Å²) in [6.45, 7) is 1.51. The van der Waals surface area contributed by atoms with Crippen LogP contribution in [0.3, 0.4) is 0 Å². The molecule has 0 aliphatic heterocycles. The number of amides is 1. The third-order valence-electron chi connectivity index (χ3n) is 4.28. The van der Waals surface area contributed by atoms with Gasteiger partial charge in [0.15, 0.2) is 0 Å². The van der Waals surface area contributed by atoms with Gasteiger partial charge >= 0.3 is 0 Å². The van der Waals surface area contributed by atoms with Crippen LogP contribution in [-0.2, 0) is 11.2 Å². The average molecular weight is 356 g/mol. The van der Waals surface area contributed by atoms with Crippen molar-refractivity contribution in [2.24, 2.45) is 0 Å². The normalized spacial score (nSPS) is 12.2. The van der Waals surface area contributed by atoms with Gasteiger partial charge in [-0.15, -0.1) is 0 Å². The summed E-state index contributed by atoms with van der Waals surface area (Å²) in [5.74, 6) is -0.271. The number of aryl methyl sites for hydroxylation is 1. The van der Waals surface area contributed by atoms with Gasteiger partial charge in [0.1, 0.15) is 5.65 Å². The van der Waals surface area contributed by atoms with Crippen LogP contribution in [0.1, 0.15) is 29.3 Å². The number of nitrogens with one attached hydrogen (secondary N) is 3. The Bertz CT molecular complexity index is 1030. The van der Waals surface area contributed by atoms with Crippen LogP contribution in [0.4, 0.5) is 0 Å². The van der Waals surface area contributed by atoms with Crippen LogP contribution in [0.5, 0.6) is 0 Å². The lowest BCUT2D eigenvalue weighted by Crippen LogP contribution is -2.31. The summed E-state index contributed by atoms with van der Waals surface area (Å²) < 4.78 is 1.14. The standard InChI is InChI=1S/C18H20N4O4/c1-11-13(18(26)22-15(19-11)9-17(25)21-22)7-8-16(24)20-14(10-23)12-5-3-2-4-6-12/h2-6,9,14,19,23H,7-8,10H2,1H3,(H,20,24)(H,21,25)/t14-/m0/s1. The molecule has 8 heteroatoms. The van der Waals surface area contributed by atoms with Crippen molar-refractivity contribution in [2.45, 2.75) is 25.8 Å². The van der Waals surface area contributed by atoms with Crippen molar-refractivity contribution in [3.8, 4) is 0 Å². The second kappa shape index (κ2) is 7.40. The summed E-state index contributed by atoms with van der Waals surface area (Å²) in [5, 5.41) is 14.7. The van der Waals surface area contributed by atoms with Crippen LogP contribution >= 0.6 is 0 Å². The van der Waals surface area contributed by atoms with Crippen LogP contribution in [0.15, 0.2) is 46.0 Å². The number of aliphatic hydroxyl groups is 1. The maximum atomic E-state index is 12.5. The van der Waals surface area contributed by atoms with Gasteiger partial charge in [-0.05, 0) is 18.9 Å². The predicted octanol–water partition coefficient (Wildman–Crippen LogP) is 0.407. The van der Waals surface area contributed by atoms with Crippen LogP contribution in [0.2, 0.25) is 0 Å². The number of aromatic amines is 2. The number of nitrogens with zero attached hydrogens (tertiary/aromatic N) is 1. The van der Waals surface area contributed by atoms with E-state index in [2.05, 4.69) is 15.4 Å². The van der Waals surface area contributed by atoms with E-state index in [0.717, 1.165) is 10.1 Å². The van der Waals surface area contributed by atoms with E-state index in [0.29, 0.717) is 16.9 Å². The molecule has 0 saturated carbocycles. The number of benzene rings is 1. The molecule has 0 saturated heterocycles. The highest BCUT2D eigenvalue weighted by molar-refractivity contribution is 5.76. The fourth-order valence-electron chi connectivity index (χ4n) is 2.93. The van der Waals surface area contributed by atoms with E-state index in [4.69, 9.17) is 0 Å². The first-order valence-electron chi connectivity index (χ1n) is 8.28. The molecule has 0 aliphatic carbocycles. The third kappa shape index (κ3) is 3.60. The second-order valence-corrected chi connectivity index (χ2v) is 6.09. The quantitative estimate of drug-likeness (QED) is 0.511. The lowest BCUT2D eigenvalue weighted by Gasteiger charge is -2.16. The molecular weight excluding hydrogens is 336 g/mol. The van der Waals surface area contributed by atoms with E-state index < -0.39 is 6.04 Å². The zero-order valence-electron chi connectivity index (χ0n) is 14.3. The Hall–Kier alpha value is -3.13. The molecule has 0 fully saturated rings. The van der Waals surface area contributed by atoms with Crippen molar-refractivity contribution in [2.75, 3.05) is 6.61 Å². The van der Waals surface area contributed by atoms with Crippen molar-refractivity contribution in [1.29, 1.82) is 0 Å². The SMILES string of the molecule is Cc1[nH]c2cc(=O)[nH]n2c(=O)c1CCC(=O)N[C@@H](CO)c1ccccc1. The Balaban J connectivity index is 1.72. The Labute approximate surface area is 148 Å². The average Bonchev–Trinajstić information content (AvgIpc) is 3.00. The molecule has 0 unspecified atom stereocenters. The van der Waals surface area contributed by atoms with Crippen molar-refractivity contribution >= 4 is 11.6 Å². The van der Waals surface area contributed by atoms with Gasteiger partial charge in [0.25, 0.3) is 11.1 Å². The summed E-state index contributed by atoms with van der Waals surface area (Å²) in [6, 6.07) is 9.98. The molecule has 0 spiro atoms. The zero-order valence-corrected chi connectivity index (χ0v) is 14.3. The number of rotatable bonds is 6. The van der Waals surface area contributed by atoms with E-state index >= 15 is 0 Å². The van der Waals surface area contributed by atoms with Crippen LogP contribution < -0.4 is 16.4 Å². The molecule has 0 bridgehead atoms. The molecule has 8 nitrogen and oxygen atoms in total. The molecule has 3 aromatic rings. The number of fused-ring (bicyclic) bond motifs is 1. The van der Waals surface area contributed by atoms with Gasteiger partial charge in [0.2, 0.25) is 5.91 Å². The molecule has 0 radical (unpaired) electrons. The highest BCUT2D eigenvalue weighted by Gasteiger charge is 2.16. The number of aliphatic hydroxyl groups excluding tert-OH is 1. The van der Waals surface area contributed by atoms with Gasteiger partial charge in [-0.2, -0.15) is 0 Å². The molecule has 1 atom stereocenters. The molecule has 2 heterocycles. The van der Waals surface area contributed by atoms with Gasteiger partial charge in [-0.1, -0.05) is 30.3 Å². The van der Waals surface area contributed by atoms with E-state index in [1.165, 1.54) is 6.07 Å². The van der Waals surface area contributed by atoms with Gasteiger partial charge in [-0.3, -0.25) is 19.5 Å². The molecular formula is C18H20N4O4. The topological polar surface area (TPSA) is 119 Å². The van der Waals surface area contributed by atoms with Crippen molar-refractivity contribution < 1.29 is 9.90 Å². The molecule has 26 heavy (non-hydrogen) atoms. The number of H-pyrrole nitrogens is 2. The Morgan fingerprint density at radius 1 is 1.27 bits per heavy atom. The lowest BCUT2D eigenvalue weighted by molar-refractivity contribution is -0.122. The lowest BCUT2D eigenvalue weighted by atomic mass is 10.1. The van der Waals surface area contributed by atoms with Crippen molar-refractivity contribution in [3.05, 3.63) is 73.9 Å². The molecule has 1 aromatic carbocycles. The predicted molar refractivity (Wildman–Crippen MR) is 96.1 cm³/mol. The third-order valence-corrected chi connectivity index (χ3v) is 4.28. The summed E-state index contributed by atoms with van der Waals surface area (Å²) in [6.07, 6.45) is 0.306. The van der Waals surface area contributed by atoms with Crippen LogP contribution in [0.25, 0.3) is 5.65 Å². The number of carbonyl (C=O) groups excluding carboxylic acids is 1. The highest BCUT2D eigenvalue weighted by Crippen LogP contribution is 2.12. The summed E-state index contributed by atoms with van der Waals surface area (Å²) in [5.41, 5.74) is 1.51. The minimum absolute atomic E-state index is 0.0876. The first-order chi connectivity index (χ1) is 12.5. The maximum Gasteiger partial charge on any atom is 0.276 e. The first kappa shape index (κ1) is 17.7. The van der Waals surface area contributed by atoms with Gasteiger partial charge < -0.3 is 15.4 Å². The van der Waals surface area contributed by atoms with E-state index in [9.17, 15) is 19.5 Å². The van der Waals surface area contributed by atoms with Gasteiger partial charge in [0, 0.05) is 23.7 Å². The molecule has 2 aromatic heterocycles. The summed E-state index contributed by atoms with van der Waals surface area (Å²) >= 11 is 0. The van der Waals surface area contributed by atoms with E-state index in [-0.39, 0.29) is 36.5 Å².